The second-order valence-corrected chi connectivity index (χ2v) is 7.99. The summed E-state index contributed by atoms with van der Waals surface area (Å²) < 4.78 is 41.3. The first-order valence-electron chi connectivity index (χ1n) is 9.62. The van der Waals surface area contributed by atoms with Crippen LogP contribution in [0.2, 0.25) is 0 Å². The largest absolute Gasteiger partial charge is 0.673 e. The molecule has 1 atom stereocenters. The molecule has 0 amide bonds. The van der Waals surface area contributed by atoms with Gasteiger partial charge in [-0.3, -0.25) is 0 Å². The van der Waals surface area contributed by atoms with Crippen LogP contribution in [0.25, 0.3) is 0 Å². The smallest absolute Gasteiger partial charge is 0.418 e. The van der Waals surface area contributed by atoms with Crippen LogP contribution in [0.4, 0.5) is 28.6 Å². The number of allylic oxidation sites excluding steroid dienone is 1. The molecule has 0 N–H and O–H groups in total. The summed E-state index contributed by atoms with van der Waals surface area (Å²) in [5, 5.41) is 0. The summed E-state index contributed by atoms with van der Waals surface area (Å²) in [5.74, 6) is 0. The van der Waals surface area contributed by atoms with Crippen LogP contribution >= 0.6 is 0 Å². The van der Waals surface area contributed by atoms with Gasteiger partial charge in [0.1, 0.15) is 7.05 Å². The lowest BCUT2D eigenvalue weighted by molar-refractivity contribution is -0.401. The summed E-state index contributed by atoms with van der Waals surface area (Å²) in [7, 11) is -3.82. The molecule has 0 aromatic heterocycles. The molecule has 7 heteroatoms. The second kappa shape index (κ2) is 7.69. The van der Waals surface area contributed by atoms with Crippen LogP contribution in [0.15, 0.2) is 60.8 Å². The zero-order valence-corrected chi connectivity index (χ0v) is 17.0. The van der Waals surface area contributed by atoms with E-state index in [9.17, 15) is 17.3 Å². The Labute approximate surface area is 169 Å². The summed E-state index contributed by atoms with van der Waals surface area (Å²) in [5.41, 5.74) is 6.89. The van der Waals surface area contributed by atoms with E-state index in [0.29, 0.717) is 6.04 Å². The molecule has 29 heavy (non-hydrogen) atoms. The molecule has 0 saturated heterocycles. The Hall–Kier alpha value is -2.57. The number of hydrogen-bond acceptors (Lipinski definition) is 1. The van der Waals surface area contributed by atoms with Crippen molar-refractivity contribution in [3.63, 3.8) is 0 Å². The van der Waals surface area contributed by atoms with E-state index in [4.69, 9.17) is 0 Å². The van der Waals surface area contributed by atoms with Gasteiger partial charge in [-0.15, -0.1) is 0 Å². The van der Waals surface area contributed by atoms with Gasteiger partial charge in [-0.2, -0.15) is 4.58 Å². The molecule has 0 bridgehead atoms. The van der Waals surface area contributed by atoms with Crippen molar-refractivity contribution >= 4 is 24.3 Å². The van der Waals surface area contributed by atoms with Gasteiger partial charge in [0.15, 0.2) is 5.71 Å². The highest BCUT2D eigenvalue weighted by Gasteiger charge is 2.42. The van der Waals surface area contributed by atoms with Gasteiger partial charge in [0, 0.05) is 35.6 Å². The summed E-state index contributed by atoms with van der Waals surface area (Å²) in [6.45, 7) is 6.93. The van der Waals surface area contributed by atoms with Crippen LogP contribution in [-0.4, -0.2) is 30.6 Å². The van der Waals surface area contributed by atoms with Crippen molar-refractivity contribution in [2.75, 3.05) is 11.9 Å². The Morgan fingerprint density at radius 1 is 1.03 bits per heavy atom. The van der Waals surface area contributed by atoms with Crippen LogP contribution in [0.3, 0.4) is 0 Å². The maximum Gasteiger partial charge on any atom is 0.673 e. The first-order valence-corrected chi connectivity index (χ1v) is 9.62. The van der Waals surface area contributed by atoms with Crippen LogP contribution in [-0.2, 0) is 11.8 Å². The van der Waals surface area contributed by atoms with Gasteiger partial charge in [-0.25, -0.2) is 0 Å². The van der Waals surface area contributed by atoms with E-state index in [1.165, 1.54) is 28.2 Å². The highest BCUT2D eigenvalue weighted by atomic mass is 19.5. The quantitative estimate of drug-likeness (QED) is 0.340. The third-order valence-corrected chi connectivity index (χ3v) is 5.59. The molecule has 0 aliphatic carbocycles. The predicted octanol–water partition coefficient (Wildman–Crippen LogP) is 5.96. The highest BCUT2D eigenvalue weighted by Crippen LogP contribution is 2.39. The molecule has 2 heterocycles. The monoisotopic (exact) mass is 404 g/mol. The van der Waals surface area contributed by atoms with Crippen molar-refractivity contribution in [3.8, 4) is 0 Å². The third-order valence-electron chi connectivity index (χ3n) is 5.59. The molecule has 2 aromatic carbocycles. The number of para-hydroxylation sites is 2. The van der Waals surface area contributed by atoms with Crippen molar-refractivity contribution < 1.29 is 21.8 Å². The van der Waals surface area contributed by atoms with E-state index in [2.05, 4.69) is 98.1 Å². The Kier molecular flexibility index (Phi) is 5.61. The van der Waals surface area contributed by atoms with Crippen molar-refractivity contribution in [2.45, 2.75) is 38.6 Å². The zero-order chi connectivity index (χ0) is 21.4. The number of anilines is 1. The SMILES string of the molecule is CC1Cc2ccccc2N1C=CC1=[N+](C)c2ccccc2C1(C)C.F[B-](F)(F)F. The van der Waals surface area contributed by atoms with Crippen LogP contribution in [0.5, 0.6) is 0 Å². The maximum atomic E-state index is 9.75. The van der Waals surface area contributed by atoms with Crippen molar-refractivity contribution in [3.05, 3.63) is 71.9 Å². The number of halogens is 4. The molecule has 0 spiro atoms. The van der Waals surface area contributed by atoms with Gasteiger partial charge in [0.2, 0.25) is 5.69 Å². The minimum Gasteiger partial charge on any atom is -0.418 e. The number of benzene rings is 2. The molecule has 2 aliphatic rings. The lowest BCUT2D eigenvalue weighted by atomic mass is 9.81. The van der Waals surface area contributed by atoms with Crippen LogP contribution < -0.4 is 4.90 Å². The van der Waals surface area contributed by atoms with Crippen LogP contribution in [0, 0.1) is 0 Å². The van der Waals surface area contributed by atoms with E-state index in [-0.39, 0.29) is 5.41 Å². The van der Waals surface area contributed by atoms with Gasteiger partial charge in [-0.1, -0.05) is 36.4 Å². The highest BCUT2D eigenvalue weighted by molar-refractivity contribution is 6.50. The fourth-order valence-corrected chi connectivity index (χ4v) is 4.27. The first-order chi connectivity index (χ1) is 13.5. The van der Waals surface area contributed by atoms with E-state index < -0.39 is 7.25 Å². The summed E-state index contributed by atoms with van der Waals surface area (Å²) in [6.07, 6.45) is 5.70. The van der Waals surface area contributed by atoms with Crippen LogP contribution in [0.1, 0.15) is 31.9 Å². The van der Waals surface area contributed by atoms with Gasteiger partial charge in [0.25, 0.3) is 0 Å². The lowest BCUT2D eigenvalue weighted by Crippen LogP contribution is -2.29. The Balaban J connectivity index is 0.000000431. The van der Waals surface area contributed by atoms with E-state index in [1.54, 1.807) is 0 Å². The molecule has 4 rings (SSSR count). The molecular formula is C22H25BF4N2. The summed E-state index contributed by atoms with van der Waals surface area (Å²) in [6, 6.07) is 18.0. The fourth-order valence-electron chi connectivity index (χ4n) is 4.27. The number of nitrogens with zero attached hydrogens (tertiary/aromatic N) is 2. The predicted molar refractivity (Wildman–Crippen MR) is 112 cm³/mol. The fraction of sp³-hybridized carbons (Fsp3) is 0.318. The Morgan fingerprint density at radius 2 is 1.62 bits per heavy atom. The number of hydrogen-bond donors (Lipinski definition) is 0. The minimum atomic E-state index is -6.00. The maximum absolute atomic E-state index is 9.75. The molecule has 2 nitrogen and oxygen atoms in total. The first kappa shape index (κ1) is 21.2. The molecule has 154 valence electrons. The number of rotatable bonds is 2. The average Bonchev–Trinajstić information content (AvgIpc) is 3.04. The molecule has 2 aromatic rings. The minimum absolute atomic E-state index is 0.0321. The Morgan fingerprint density at radius 3 is 2.28 bits per heavy atom. The van der Waals surface area contributed by atoms with Gasteiger partial charge in [0.05, 0.1) is 5.41 Å². The Bertz CT molecular complexity index is 957. The van der Waals surface area contributed by atoms with E-state index >= 15 is 0 Å². The number of fused-ring (bicyclic) bond motifs is 2. The molecule has 0 fully saturated rings. The summed E-state index contributed by atoms with van der Waals surface area (Å²) in [4.78, 5) is 2.41. The van der Waals surface area contributed by atoms with Crippen molar-refractivity contribution in [1.82, 2.24) is 0 Å². The average molecular weight is 404 g/mol. The van der Waals surface area contributed by atoms with Gasteiger partial charge in [-0.05, 0) is 38.8 Å². The lowest BCUT2D eigenvalue weighted by Gasteiger charge is -2.21. The summed E-state index contributed by atoms with van der Waals surface area (Å²) >= 11 is 0. The van der Waals surface area contributed by atoms with E-state index in [0.717, 1.165) is 6.42 Å². The van der Waals surface area contributed by atoms with Gasteiger partial charge < -0.3 is 22.2 Å². The zero-order valence-electron chi connectivity index (χ0n) is 17.0. The topological polar surface area (TPSA) is 6.25 Å². The molecule has 0 saturated carbocycles. The van der Waals surface area contributed by atoms with Gasteiger partial charge >= 0.3 is 7.25 Å². The molecular weight excluding hydrogens is 379 g/mol. The van der Waals surface area contributed by atoms with Crippen molar-refractivity contribution in [1.29, 1.82) is 0 Å². The third kappa shape index (κ3) is 4.39. The molecule has 1 unspecified atom stereocenters. The van der Waals surface area contributed by atoms with Crippen molar-refractivity contribution in [2.24, 2.45) is 0 Å². The standard InChI is InChI=1S/C22H25N2.BF4/c1-16-15-17-9-5-7-11-19(17)24(16)14-13-21-22(2,3)18-10-6-8-12-20(18)23(21)4;2-1(3,4)5/h5-14,16H,15H2,1-4H3;/q+1;-1. The normalized spacial score (nSPS) is 19.9. The molecule has 2 aliphatic heterocycles. The molecule has 0 radical (unpaired) electrons. The second-order valence-electron chi connectivity index (χ2n) is 7.99. The van der Waals surface area contributed by atoms with E-state index in [1.807, 2.05) is 0 Å².